The van der Waals surface area contributed by atoms with E-state index in [0.717, 1.165) is 6.26 Å². The Balaban J connectivity index is 2.57. The lowest BCUT2D eigenvalue weighted by Gasteiger charge is -2.08. The van der Waals surface area contributed by atoms with Gasteiger partial charge in [0, 0.05) is 12.5 Å². The Labute approximate surface area is 114 Å². The van der Waals surface area contributed by atoms with Crippen LogP contribution in [0.15, 0.2) is 47.6 Å². The van der Waals surface area contributed by atoms with Crippen LogP contribution in [0.25, 0.3) is 0 Å². The molecule has 0 saturated heterocycles. The number of benzene rings is 1. The van der Waals surface area contributed by atoms with Gasteiger partial charge in [-0.3, -0.25) is 15.1 Å². The van der Waals surface area contributed by atoms with Crippen LogP contribution < -0.4 is 4.74 Å². The van der Waals surface area contributed by atoms with E-state index in [0.29, 0.717) is 0 Å². The van der Waals surface area contributed by atoms with Crippen LogP contribution in [0.1, 0.15) is 0 Å². The minimum absolute atomic E-state index is 0.147. The molecular formula is C12H10N2O5S. The van der Waals surface area contributed by atoms with Crippen molar-refractivity contribution in [1.82, 2.24) is 4.98 Å². The molecule has 0 atom stereocenters. The number of hydrogen-bond acceptors (Lipinski definition) is 6. The van der Waals surface area contributed by atoms with Crippen LogP contribution in [0.2, 0.25) is 0 Å². The fourth-order valence-electron chi connectivity index (χ4n) is 1.60. The first-order valence-electron chi connectivity index (χ1n) is 5.45. The summed E-state index contributed by atoms with van der Waals surface area (Å²) in [4.78, 5) is 13.8. The Morgan fingerprint density at radius 1 is 1.25 bits per heavy atom. The summed E-state index contributed by atoms with van der Waals surface area (Å²) in [5.74, 6) is 0.132. The van der Waals surface area contributed by atoms with Crippen LogP contribution in [0.4, 0.5) is 5.69 Å². The molecule has 0 fully saturated rings. The summed E-state index contributed by atoms with van der Waals surface area (Å²) in [5, 5.41) is 11.1. The van der Waals surface area contributed by atoms with Crippen molar-refractivity contribution in [1.29, 1.82) is 0 Å². The number of pyridine rings is 1. The summed E-state index contributed by atoms with van der Waals surface area (Å²) in [6, 6.07) is 7.05. The minimum Gasteiger partial charge on any atom is -0.448 e. The maximum absolute atomic E-state index is 11.6. The van der Waals surface area contributed by atoms with Gasteiger partial charge in [0.15, 0.2) is 9.84 Å². The van der Waals surface area contributed by atoms with Crippen molar-refractivity contribution in [3.63, 3.8) is 0 Å². The van der Waals surface area contributed by atoms with Crippen molar-refractivity contribution >= 4 is 15.5 Å². The predicted octanol–water partition coefficient (Wildman–Crippen LogP) is 2.19. The first-order valence-corrected chi connectivity index (χ1v) is 7.34. The summed E-state index contributed by atoms with van der Waals surface area (Å²) in [6.07, 6.45) is 3.80. The van der Waals surface area contributed by atoms with Crippen LogP contribution in [0.3, 0.4) is 0 Å². The zero-order chi connectivity index (χ0) is 14.8. The molecule has 0 bridgehead atoms. The first-order chi connectivity index (χ1) is 9.39. The van der Waals surface area contributed by atoms with Gasteiger partial charge in [0.2, 0.25) is 5.75 Å². The highest BCUT2D eigenvalue weighted by Crippen LogP contribution is 2.36. The Hall–Kier alpha value is -2.48. The van der Waals surface area contributed by atoms with Crippen molar-refractivity contribution in [3.8, 4) is 11.5 Å². The molecule has 0 aliphatic carbocycles. The van der Waals surface area contributed by atoms with Crippen molar-refractivity contribution in [2.24, 2.45) is 0 Å². The molecule has 0 amide bonds. The molecule has 2 rings (SSSR count). The van der Waals surface area contributed by atoms with Crippen molar-refractivity contribution in [2.45, 2.75) is 4.90 Å². The number of nitrogens with zero attached hydrogens (tertiary/aromatic N) is 2. The van der Waals surface area contributed by atoms with Crippen LogP contribution in [-0.2, 0) is 9.84 Å². The predicted molar refractivity (Wildman–Crippen MR) is 70.5 cm³/mol. The van der Waals surface area contributed by atoms with E-state index in [-0.39, 0.29) is 16.4 Å². The lowest BCUT2D eigenvalue weighted by atomic mass is 10.3. The van der Waals surface area contributed by atoms with E-state index >= 15 is 0 Å². The third kappa shape index (κ3) is 2.91. The fourth-order valence-corrected chi connectivity index (χ4v) is 2.45. The molecule has 0 N–H and O–H groups in total. The van der Waals surface area contributed by atoms with Crippen molar-refractivity contribution in [3.05, 3.63) is 52.8 Å². The van der Waals surface area contributed by atoms with Crippen LogP contribution in [0.5, 0.6) is 11.5 Å². The summed E-state index contributed by atoms with van der Waals surface area (Å²) in [7, 11) is -3.73. The van der Waals surface area contributed by atoms with Gasteiger partial charge in [-0.25, -0.2) is 8.42 Å². The minimum atomic E-state index is -3.73. The summed E-state index contributed by atoms with van der Waals surface area (Å²) in [5.41, 5.74) is -0.584. The maximum atomic E-state index is 11.6. The number of ether oxygens (including phenoxy) is 1. The van der Waals surface area contributed by atoms with Crippen LogP contribution in [-0.4, -0.2) is 24.6 Å². The zero-order valence-corrected chi connectivity index (χ0v) is 11.2. The van der Waals surface area contributed by atoms with Crippen molar-refractivity contribution in [2.75, 3.05) is 6.26 Å². The Bertz CT molecular complexity index is 744. The highest BCUT2D eigenvalue weighted by Gasteiger charge is 2.27. The van der Waals surface area contributed by atoms with Crippen molar-refractivity contribution < 1.29 is 18.1 Å². The monoisotopic (exact) mass is 294 g/mol. The molecule has 0 aliphatic heterocycles. The van der Waals surface area contributed by atoms with Gasteiger partial charge in [-0.1, -0.05) is 6.07 Å². The van der Waals surface area contributed by atoms with Crippen LogP contribution >= 0.6 is 0 Å². The largest absolute Gasteiger partial charge is 0.448 e. The molecule has 2 aromatic rings. The standard InChI is InChI=1S/C12H10N2O5S/c1-20(17,18)11-6-2-5-10(12(11)14(15)16)19-9-4-3-7-13-8-9/h2-8H,1H3. The molecule has 0 spiro atoms. The number of sulfone groups is 1. The number of nitro benzene ring substituents is 1. The lowest BCUT2D eigenvalue weighted by molar-refractivity contribution is -0.388. The van der Waals surface area contributed by atoms with Crippen LogP contribution in [0, 0.1) is 10.1 Å². The van der Waals surface area contributed by atoms with Gasteiger partial charge in [-0.2, -0.15) is 0 Å². The molecular weight excluding hydrogens is 284 g/mol. The Kier molecular flexibility index (Phi) is 3.66. The van der Waals surface area contributed by atoms with E-state index in [1.54, 1.807) is 12.1 Å². The molecule has 0 aliphatic rings. The number of aromatic nitrogens is 1. The van der Waals surface area contributed by atoms with Gasteiger partial charge in [-0.15, -0.1) is 0 Å². The Morgan fingerprint density at radius 3 is 2.55 bits per heavy atom. The molecule has 1 aromatic heterocycles. The van der Waals surface area contributed by atoms with E-state index in [1.807, 2.05) is 0 Å². The quantitative estimate of drug-likeness (QED) is 0.633. The normalized spacial score (nSPS) is 11.1. The topological polar surface area (TPSA) is 99.4 Å². The fraction of sp³-hybridized carbons (Fsp3) is 0.0833. The number of para-hydroxylation sites is 1. The lowest BCUT2D eigenvalue weighted by Crippen LogP contribution is -2.04. The molecule has 7 nitrogen and oxygen atoms in total. The molecule has 1 heterocycles. The van der Waals surface area contributed by atoms with E-state index in [2.05, 4.69) is 4.98 Å². The Morgan fingerprint density at radius 2 is 2.00 bits per heavy atom. The molecule has 0 unspecified atom stereocenters. The summed E-state index contributed by atoms with van der Waals surface area (Å²) >= 11 is 0. The maximum Gasteiger partial charge on any atom is 0.330 e. The van der Waals surface area contributed by atoms with Gasteiger partial charge < -0.3 is 4.74 Å². The molecule has 104 valence electrons. The second kappa shape index (κ2) is 5.25. The van der Waals surface area contributed by atoms with Gasteiger partial charge in [-0.05, 0) is 24.3 Å². The highest BCUT2D eigenvalue weighted by molar-refractivity contribution is 7.90. The van der Waals surface area contributed by atoms with Gasteiger partial charge in [0.25, 0.3) is 0 Å². The molecule has 0 radical (unpaired) electrons. The van der Waals surface area contributed by atoms with Gasteiger partial charge in [0.1, 0.15) is 10.6 Å². The van der Waals surface area contributed by atoms with E-state index in [4.69, 9.17) is 4.74 Å². The summed E-state index contributed by atoms with van der Waals surface area (Å²) < 4.78 is 28.5. The van der Waals surface area contributed by atoms with E-state index in [1.165, 1.54) is 30.6 Å². The average molecular weight is 294 g/mol. The van der Waals surface area contributed by atoms with Gasteiger partial charge in [0.05, 0.1) is 11.1 Å². The first kappa shape index (κ1) is 13.9. The third-order valence-electron chi connectivity index (χ3n) is 2.41. The second-order valence-electron chi connectivity index (χ2n) is 3.92. The van der Waals surface area contributed by atoms with E-state index < -0.39 is 20.4 Å². The van der Waals surface area contributed by atoms with Gasteiger partial charge >= 0.3 is 5.69 Å². The third-order valence-corrected chi connectivity index (χ3v) is 3.53. The molecule has 0 saturated carbocycles. The molecule has 20 heavy (non-hydrogen) atoms. The number of rotatable bonds is 4. The highest BCUT2D eigenvalue weighted by atomic mass is 32.2. The summed E-state index contributed by atoms with van der Waals surface area (Å²) in [6.45, 7) is 0. The zero-order valence-electron chi connectivity index (χ0n) is 10.4. The van der Waals surface area contributed by atoms with E-state index in [9.17, 15) is 18.5 Å². The molecule has 8 heteroatoms. The SMILES string of the molecule is CS(=O)(=O)c1cccc(Oc2cccnc2)c1[N+](=O)[O-]. The number of hydrogen-bond donors (Lipinski definition) is 0. The number of nitro groups is 1. The molecule has 1 aromatic carbocycles. The smallest absolute Gasteiger partial charge is 0.330 e. The second-order valence-corrected chi connectivity index (χ2v) is 5.91. The average Bonchev–Trinajstić information content (AvgIpc) is 2.38.